The predicted molar refractivity (Wildman–Crippen MR) is 190 cm³/mol. The lowest BCUT2D eigenvalue weighted by Crippen LogP contribution is -2.43. The minimum absolute atomic E-state index is 0.0410. The first kappa shape index (κ1) is 36.9. The number of alkyl halides is 3. The van der Waals surface area contributed by atoms with E-state index < -0.39 is 40.5 Å². The van der Waals surface area contributed by atoms with Crippen molar-refractivity contribution in [2.45, 2.75) is 89.5 Å². The summed E-state index contributed by atoms with van der Waals surface area (Å²) in [4.78, 5) is 28.4. The van der Waals surface area contributed by atoms with Gasteiger partial charge in [-0.15, -0.1) is 5.92 Å². The summed E-state index contributed by atoms with van der Waals surface area (Å²) in [5.74, 6) is 3.80. The van der Waals surface area contributed by atoms with E-state index in [0.29, 0.717) is 35.7 Å². The van der Waals surface area contributed by atoms with Crippen molar-refractivity contribution in [2.75, 3.05) is 44.4 Å². The third kappa shape index (κ3) is 6.59. The van der Waals surface area contributed by atoms with E-state index in [0.717, 1.165) is 44.0 Å². The quantitative estimate of drug-likeness (QED) is 0.142. The Hall–Kier alpha value is -4.39. The second kappa shape index (κ2) is 13.8. The Labute approximate surface area is 310 Å². The number of aryl methyl sites for hydroxylation is 1. The minimum atomic E-state index is -4.95. The van der Waals surface area contributed by atoms with Crippen LogP contribution in [0, 0.1) is 17.7 Å². The van der Waals surface area contributed by atoms with E-state index in [1.807, 2.05) is 11.8 Å². The standard InChI is InChI=1S/C37H41ClF4N8O3/c1-6-8-22-13-24(43)31(39)28(29(22)37(40,41)42)27-14-25-23(18-52-27)33(45-35(44-25)53-19-36-10-7-11-48(36)16-20(2)15-36)49-17-26-30(38)32(34(51)47(4)5)46-50(26)12-9-21(49)3/h13,21,27H,2,7,9-12,14-19,43H2,1,3-5H3/t21-,27+,36+/m1/s1. The van der Waals surface area contributed by atoms with Crippen LogP contribution in [0.1, 0.15) is 89.8 Å². The molecule has 1 amide bonds. The molecule has 2 fully saturated rings. The number of nitrogen functional groups attached to an aromatic ring is 1. The molecule has 2 N–H and O–H groups in total. The summed E-state index contributed by atoms with van der Waals surface area (Å²) in [7, 11) is 3.24. The second-order valence-electron chi connectivity index (χ2n) is 14.5. The molecular weight excluding hydrogens is 716 g/mol. The largest absolute Gasteiger partial charge is 0.461 e. The molecule has 4 aliphatic heterocycles. The third-order valence-corrected chi connectivity index (χ3v) is 11.1. The van der Waals surface area contributed by atoms with Crippen LogP contribution in [0.25, 0.3) is 0 Å². The van der Waals surface area contributed by atoms with Gasteiger partial charge < -0.3 is 25.0 Å². The predicted octanol–water partition coefficient (Wildman–Crippen LogP) is 5.93. The highest BCUT2D eigenvalue weighted by Crippen LogP contribution is 2.46. The molecule has 2 aromatic heterocycles. The summed E-state index contributed by atoms with van der Waals surface area (Å²) in [5.41, 5.74) is 5.55. The van der Waals surface area contributed by atoms with Crippen LogP contribution in [0.4, 0.5) is 29.1 Å². The van der Waals surface area contributed by atoms with E-state index in [9.17, 15) is 18.0 Å². The van der Waals surface area contributed by atoms with Gasteiger partial charge in [0.05, 0.1) is 52.5 Å². The number of fused-ring (bicyclic) bond motifs is 3. The fourth-order valence-corrected chi connectivity index (χ4v) is 8.41. The molecule has 6 heterocycles. The maximum absolute atomic E-state index is 15.8. The van der Waals surface area contributed by atoms with Gasteiger partial charge in [0.15, 0.2) is 11.5 Å². The van der Waals surface area contributed by atoms with E-state index in [2.05, 4.69) is 28.4 Å². The average molecular weight is 757 g/mol. The Bertz CT molecular complexity index is 2060. The van der Waals surface area contributed by atoms with Gasteiger partial charge in [0.2, 0.25) is 0 Å². The van der Waals surface area contributed by atoms with Gasteiger partial charge in [-0.25, -0.2) is 4.39 Å². The van der Waals surface area contributed by atoms with E-state index in [-0.39, 0.29) is 60.4 Å². The first-order valence-corrected chi connectivity index (χ1v) is 17.9. The number of hydrogen-bond donors (Lipinski definition) is 1. The SMILES string of the molecule is C=C1CN2CCC[C@@]2(COc2nc3c(c(N4Cc5c(Cl)c(C(=O)N(C)C)nn5CC[C@H]4C)n2)CO[C@H](c2c(F)c(N)cc(C#CC)c2C(F)(F)F)C3)C1. The van der Waals surface area contributed by atoms with Crippen molar-refractivity contribution in [3.63, 3.8) is 0 Å². The fourth-order valence-electron chi connectivity index (χ4n) is 8.13. The second-order valence-corrected chi connectivity index (χ2v) is 14.9. The number of benzene rings is 1. The maximum Gasteiger partial charge on any atom is 0.418 e. The molecule has 3 atom stereocenters. The zero-order chi connectivity index (χ0) is 38.0. The minimum Gasteiger partial charge on any atom is -0.461 e. The number of amides is 1. The zero-order valence-corrected chi connectivity index (χ0v) is 30.8. The topological polar surface area (TPSA) is 115 Å². The molecule has 0 saturated carbocycles. The molecule has 4 aliphatic rings. The van der Waals surface area contributed by atoms with Gasteiger partial charge in [0, 0.05) is 56.3 Å². The summed E-state index contributed by atoms with van der Waals surface area (Å²) in [6.07, 6.45) is -3.26. The molecule has 7 rings (SSSR count). The van der Waals surface area contributed by atoms with Crippen molar-refractivity contribution in [3.05, 3.63) is 68.4 Å². The summed E-state index contributed by atoms with van der Waals surface area (Å²) in [6.45, 7) is 10.1. The lowest BCUT2D eigenvalue weighted by Gasteiger charge is -2.35. The number of aromatic nitrogens is 4. The highest BCUT2D eigenvalue weighted by atomic mass is 35.5. The van der Waals surface area contributed by atoms with Crippen molar-refractivity contribution in [1.29, 1.82) is 0 Å². The Kier molecular flexibility index (Phi) is 9.61. The molecule has 0 aliphatic carbocycles. The number of nitrogens with zero attached hydrogens (tertiary/aromatic N) is 7. The van der Waals surface area contributed by atoms with Crippen LogP contribution in [0.3, 0.4) is 0 Å². The number of carbonyl (C=O) groups excluding carboxylic acids is 1. The molecule has 3 aromatic rings. The number of anilines is 2. The highest BCUT2D eigenvalue weighted by molar-refractivity contribution is 6.34. The zero-order valence-electron chi connectivity index (χ0n) is 30.0. The first-order chi connectivity index (χ1) is 25.1. The Morgan fingerprint density at radius 3 is 2.75 bits per heavy atom. The summed E-state index contributed by atoms with van der Waals surface area (Å²) >= 11 is 6.82. The Balaban J connectivity index is 1.32. The van der Waals surface area contributed by atoms with Crippen molar-refractivity contribution in [1.82, 2.24) is 29.5 Å². The van der Waals surface area contributed by atoms with Gasteiger partial charge in [-0.3, -0.25) is 14.4 Å². The van der Waals surface area contributed by atoms with Crippen LogP contribution in [-0.4, -0.2) is 80.8 Å². The third-order valence-electron chi connectivity index (χ3n) is 10.7. The van der Waals surface area contributed by atoms with E-state index in [4.69, 9.17) is 36.8 Å². The number of halogens is 5. The summed E-state index contributed by atoms with van der Waals surface area (Å²) in [6, 6.07) is 0.809. The van der Waals surface area contributed by atoms with Crippen LogP contribution >= 0.6 is 11.6 Å². The number of rotatable bonds is 6. The first-order valence-electron chi connectivity index (χ1n) is 17.5. The van der Waals surface area contributed by atoms with Crippen molar-refractivity contribution in [2.24, 2.45) is 0 Å². The maximum atomic E-state index is 15.8. The van der Waals surface area contributed by atoms with E-state index >= 15 is 4.39 Å². The van der Waals surface area contributed by atoms with Crippen molar-refractivity contribution in [3.8, 4) is 17.9 Å². The lowest BCUT2D eigenvalue weighted by atomic mass is 9.90. The number of hydrogen-bond acceptors (Lipinski definition) is 9. The van der Waals surface area contributed by atoms with Crippen LogP contribution in [0.2, 0.25) is 5.02 Å². The van der Waals surface area contributed by atoms with Crippen LogP contribution < -0.4 is 15.4 Å². The van der Waals surface area contributed by atoms with Gasteiger partial charge in [-0.1, -0.05) is 29.7 Å². The van der Waals surface area contributed by atoms with Gasteiger partial charge in [0.1, 0.15) is 12.4 Å². The highest BCUT2D eigenvalue weighted by Gasteiger charge is 2.47. The molecule has 2 saturated heterocycles. The summed E-state index contributed by atoms with van der Waals surface area (Å²) < 4.78 is 74.0. The monoisotopic (exact) mass is 756 g/mol. The van der Waals surface area contributed by atoms with E-state index in [1.54, 1.807) is 18.8 Å². The molecule has 0 unspecified atom stereocenters. The van der Waals surface area contributed by atoms with Crippen molar-refractivity contribution < 1.29 is 31.8 Å². The molecule has 53 heavy (non-hydrogen) atoms. The van der Waals surface area contributed by atoms with Gasteiger partial charge >= 0.3 is 12.2 Å². The van der Waals surface area contributed by atoms with Crippen LogP contribution in [-0.2, 0) is 37.0 Å². The molecule has 0 bridgehead atoms. The normalized spacial score (nSPS) is 22.8. The fraction of sp³-hybridized carbons (Fsp3) is 0.514. The lowest BCUT2D eigenvalue weighted by molar-refractivity contribution is -0.140. The average Bonchev–Trinajstić information content (AvgIpc) is 3.69. The van der Waals surface area contributed by atoms with Crippen molar-refractivity contribution >= 4 is 29.0 Å². The molecule has 1 aromatic carbocycles. The smallest absolute Gasteiger partial charge is 0.418 e. The molecule has 16 heteroatoms. The number of nitrogens with two attached hydrogens (primary N) is 1. The van der Waals surface area contributed by atoms with Gasteiger partial charge in [-0.2, -0.15) is 28.2 Å². The Morgan fingerprint density at radius 1 is 1.26 bits per heavy atom. The molecule has 11 nitrogen and oxygen atoms in total. The summed E-state index contributed by atoms with van der Waals surface area (Å²) in [5, 5.41) is 4.77. The van der Waals surface area contributed by atoms with Gasteiger partial charge in [0.25, 0.3) is 5.91 Å². The Morgan fingerprint density at radius 2 is 2.04 bits per heavy atom. The van der Waals surface area contributed by atoms with E-state index in [1.165, 1.54) is 11.8 Å². The van der Waals surface area contributed by atoms with Gasteiger partial charge in [-0.05, 0) is 52.1 Å². The molecule has 0 spiro atoms. The number of carbonyl (C=O) groups is 1. The number of ether oxygens (including phenoxy) is 2. The molecular formula is C37H41ClF4N8O3. The molecule has 282 valence electrons. The van der Waals surface area contributed by atoms with Crippen LogP contribution in [0.5, 0.6) is 6.01 Å². The molecule has 0 radical (unpaired) electrons. The van der Waals surface area contributed by atoms with Crippen LogP contribution in [0.15, 0.2) is 18.2 Å².